The number of carbonyl (C=O) groups excluding carboxylic acids is 1. The largest absolute Gasteiger partial charge is 0.370 e. The van der Waals surface area contributed by atoms with E-state index in [0.29, 0.717) is 24.0 Å². The Morgan fingerprint density at radius 3 is 3.00 bits per heavy atom. The van der Waals surface area contributed by atoms with Crippen LogP contribution >= 0.6 is 11.3 Å². The number of anilines is 1. The van der Waals surface area contributed by atoms with Crippen molar-refractivity contribution in [2.75, 3.05) is 11.9 Å². The number of amides is 1. The van der Waals surface area contributed by atoms with Gasteiger partial charge in [-0.15, -0.1) is 0 Å². The zero-order chi connectivity index (χ0) is 14.7. The molecule has 1 amide bonds. The topological polar surface area (TPSA) is 45.2 Å². The number of hydrogen-bond acceptors (Lipinski definition) is 4. The number of aromatic nitrogens is 1. The van der Waals surface area contributed by atoms with Gasteiger partial charge in [0.1, 0.15) is 5.82 Å². The first-order chi connectivity index (χ1) is 10.3. The van der Waals surface area contributed by atoms with E-state index in [1.165, 1.54) is 5.56 Å². The van der Waals surface area contributed by atoms with E-state index in [1.54, 1.807) is 17.5 Å². The van der Waals surface area contributed by atoms with Crippen molar-refractivity contribution in [3.8, 4) is 0 Å². The van der Waals surface area contributed by atoms with Crippen LogP contribution in [0.1, 0.15) is 35.7 Å². The molecule has 3 rings (SSSR count). The van der Waals surface area contributed by atoms with Gasteiger partial charge in [0.05, 0.1) is 5.56 Å². The van der Waals surface area contributed by atoms with Gasteiger partial charge in [0, 0.05) is 25.3 Å². The Morgan fingerprint density at radius 2 is 2.33 bits per heavy atom. The molecule has 0 radical (unpaired) electrons. The van der Waals surface area contributed by atoms with Crippen molar-refractivity contribution < 1.29 is 4.79 Å². The molecular formula is C16H19N3OS. The predicted octanol–water partition coefficient (Wildman–Crippen LogP) is 3.38. The summed E-state index contributed by atoms with van der Waals surface area (Å²) in [7, 11) is 0. The van der Waals surface area contributed by atoms with E-state index in [1.807, 2.05) is 24.0 Å². The van der Waals surface area contributed by atoms with Crippen molar-refractivity contribution in [2.45, 2.75) is 32.4 Å². The molecule has 2 aromatic rings. The third-order valence-corrected chi connectivity index (χ3v) is 4.30. The molecule has 0 bridgehead atoms. The summed E-state index contributed by atoms with van der Waals surface area (Å²) >= 11 is 1.67. The smallest absolute Gasteiger partial charge is 0.258 e. The lowest BCUT2D eigenvalue weighted by atomic mass is 10.2. The second kappa shape index (κ2) is 6.26. The van der Waals surface area contributed by atoms with Crippen LogP contribution in [0.2, 0.25) is 0 Å². The van der Waals surface area contributed by atoms with Crippen molar-refractivity contribution in [2.24, 2.45) is 0 Å². The van der Waals surface area contributed by atoms with Gasteiger partial charge in [-0.2, -0.15) is 11.3 Å². The molecule has 4 nitrogen and oxygen atoms in total. The lowest BCUT2D eigenvalue weighted by molar-refractivity contribution is 0.0731. The number of pyridine rings is 1. The fourth-order valence-electron chi connectivity index (χ4n) is 2.37. The molecule has 110 valence electrons. The van der Waals surface area contributed by atoms with Crippen molar-refractivity contribution in [1.82, 2.24) is 9.88 Å². The fraction of sp³-hybridized carbons (Fsp3) is 0.375. The highest BCUT2D eigenvalue weighted by molar-refractivity contribution is 7.07. The van der Waals surface area contributed by atoms with Gasteiger partial charge in [0.15, 0.2) is 0 Å². The van der Waals surface area contributed by atoms with Gasteiger partial charge in [0.25, 0.3) is 5.91 Å². The van der Waals surface area contributed by atoms with Gasteiger partial charge >= 0.3 is 0 Å². The summed E-state index contributed by atoms with van der Waals surface area (Å²) in [5.41, 5.74) is 1.87. The Hall–Kier alpha value is -1.88. The summed E-state index contributed by atoms with van der Waals surface area (Å²) in [5.74, 6) is 0.758. The zero-order valence-corrected chi connectivity index (χ0v) is 12.9. The van der Waals surface area contributed by atoms with Crippen molar-refractivity contribution in [3.63, 3.8) is 0 Å². The maximum absolute atomic E-state index is 12.9. The van der Waals surface area contributed by atoms with Gasteiger partial charge in [-0.3, -0.25) is 4.79 Å². The van der Waals surface area contributed by atoms with Gasteiger partial charge in [-0.05, 0) is 54.3 Å². The summed E-state index contributed by atoms with van der Waals surface area (Å²) < 4.78 is 0. The Labute approximate surface area is 128 Å². The predicted molar refractivity (Wildman–Crippen MR) is 85.6 cm³/mol. The minimum atomic E-state index is 0.0766. The quantitative estimate of drug-likeness (QED) is 0.889. The lowest BCUT2D eigenvalue weighted by Gasteiger charge is -2.23. The molecule has 1 saturated carbocycles. The van der Waals surface area contributed by atoms with E-state index >= 15 is 0 Å². The molecule has 1 aliphatic carbocycles. The number of rotatable bonds is 6. The minimum absolute atomic E-state index is 0.0766. The monoisotopic (exact) mass is 301 g/mol. The third kappa shape index (κ3) is 3.24. The van der Waals surface area contributed by atoms with E-state index in [9.17, 15) is 4.79 Å². The highest BCUT2D eigenvalue weighted by atomic mass is 32.1. The SMILES string of the molecule is CCNc1ncccc1C(=O)N(Cc1ccsc1)C1CC1. The van der Waals surface area contributed by atoms with E-state index < -0.39 is 0 Å². The second-order valence-electron chi connectivity index (χ2n) is 5.23. The molecular weight excluding hydrogens is 282 g/mol. The third-order valence-electron chi connectivity index (χ3n) is 3.56. The van der Waals surface area contributed by atoms with Gasteiger partial charge in [0.2, 0.25) is 0 Å². The van der Waals surface area contributed by atoms with Crippen LogP contribution in [0, 0.1) is 0 Å². The Bertz CT molecular complexity index is 608. The summed E-state index contributed by atoms with van der Waals surface area (Å²) in [6, 6.07) is 6.15. The molecule has 0 saturated heterocycles. The first-order valence-corrected chi connectivity index (χ1v) is 8.24. The van der Waals surface area contributed by atoms with Gasteiger partial charge in [-0.25, -0.2) is 4.98 Å². The number of hydrogen-bond donors (Lipinski definition) is 1. The summed E-state index contributed by atoms with van der Waals surface area (Å²) in [4.78, 5) is 19.2. The van der Waals surface area contributed by atoms with Crippen molar-refractivity contribution in [1.29, 1.82) is 0 Å². The van der Waals surface area contributed by atoms with Crippen LogP contribution in [0.25, 0.3) is 0 Å². The average Bonchev–Trinajstić information content (AvgIpc) is 3.21. The molecule has 0 aromatic carbocycles. The second-order valence-corrected chi connectivity index (χ2v) is 6.01. The van der Waals surface area contributed by atoms with Crippen LogP contribution in [0.4, 0.5) is 5.82 Å². The highest BCUT2D eigenvalue weighted by Crippen LogP contribution is 2.31. The number of nitrogens with zero attached hydrogens (tertiary/aromatic N) is 2. The summed E-state index contributed by atoms with van der Waals surface area (Å²) in [6.07, 6.45) is 3.93. The zero-order valence-electron chi connectivity index (χ0n) is 12.1. The normalized spacial score (nSPS) is 14.0. The maximum atomic E-state index is 12.9. The average molecular weight is 301 g/mol. The first-order valence-electron chi connectivity index (χ1n) is 7.30. The van der Waals surface area contributed by atoms with Crippen LogP contribution in [0.3, 0.4) is 0 Å². The van der Waals surface area contributed by atoms with Gasteiger partial charge < -0.3 is 10.2 Å². The minimum Gasteiger partial charge on any atom is -0.370 e. The molecule has 2 heterocycles. The molecule has 0 aliphatic heterocycles. The van der Waals surface area contributed by atoms with E-state index in [2.05, 4.69) is 27.1 Å². The van der Waals surface area contributed by atoms with E-state index in [-0.39, 0.29) is 5.91 Å². The maximum Gasteiger partial charge on any atom is 0.258 e. The summed E-state index contributed by atoms with van der Waals surface area (Å²) in [6.45, 7) is 3.45. The molecule has 21 heavy (non-hydrogen) atoms. The van der Waals surface area contributed by atoms with Crippen LogP contribution in [0.5, 0.6) is 0 Å². The molecule has 1 fully saturated rings. The van der Waals surface area contributed by atoms with Crippen LogP contribution < -0.4 is 5.32 Å². The lowest BCUT2D eigenvalue weighted by Crippen LogP contribution is -2.33. The number of carbonyl (C=O) groups is 1. The Balaban J connectivity index is 1.84. The molecule has 0 spiro atoms. The van der Waals surface area contributed by atoms with E-state index in [0.717, 1.165) is 19.4 Å². The summed E-state index contributed by atoms with van der Waals surface area (Å²) in [5, 5.41) is 7.34. The van der Waals surface area contributed by atoms with Gasteiger partial charge in [-0.1, -0.05) is 0 Å². The fourth-order valence-corrected chi connectivity index (χ4v) is 3.03. The molecule has 1 aliphatic rings. The molecule has 1 N–H and O–H groups in total. The van der Waals surface area contributed by atoms with Crippen LogP contribution in [-0.2, 0) is 6.54 Å². The van der Waals surface area contributed by atoms with Crippen molar-refractivity contribution >= 4 is 23.1 Å². The highest BCUT2D eigenvalue weighted by Gasteiger charge is 2.34. The molecule has 2 aromatic heterocycles. The number of thiophene rings is 1. The standard InChI is InChI=1S/C16H19N3OS/c1-2-17-15-14(4-3-8-18-15)16(20)19(13-5-6-13)10-12-7-9-21-11-12/h3-4,7-9,11,13H,2,5-6,10H2,1H3,(H,17,18). The molecule has 0 unspecified atom stereocenters. The Kier molecular flexibility index (Phi) is 4.20. The van der Waals surface area contributed by atoms with Crippen LogP contribution in [-0.4, -0.2) is 28.4 Å². The first kappa shape index (κ1) is 14.1. The van der Waals surface area contributed by atoms with Crippen molar-refractivity contribution in [3.05, 3.63) is 46.3 Å². The number of nitrogens with one attached hydrogen (secondary N) is 1. The van der Waals surface area contributed by atoms with E-state index in [4.69, 9.17) is 0 Å². The molecule has 5 heteroatoms. The Morgan fingerprint density at radius 1 is 1.48 bits per heavy atom. The molecule has 0 atom stereocenters. The van der Waals surface area contributed by atoms with Crippen LogP contribution in [0.15, 0.2) is 35.2 Å².